The predicted octanol–water partition coefficient (Wildman–Crippen LogP) is 3.47. The van der Waals surface area contributed by atoms with Crippen LogP contribution in [0, 0.1) is 0 Å². The summed E-state index contributed by atoms with van der Waals surface area (Å²) in [7, 11) is -2.50. The van der Waals surface area contributed by atoms with E-state index < -0.39 is 21.7 Å². The Morgan fingerprint density at radius 3 is 2.63 bits per heavy atom. The molecule has 30 heavy (non-hydrogen) atoms. The summed E-state index contributed by atoms with van der Waals surface area (Å²) in [5, 5.41) is 0.135. The first-order valence-corrected chi connectivity index (χ1v) is 11.2. The number of pyridine rings is 1. The molecule has 0 bridgehead atoms. The van der Waals surface area contributed by atoms with E-state index in [1.54, 1.807) is 31.2 Å². The zero-order valence-corrected chi connectivity index (χ0v) is 18.2. The SMILES string of the molecule is CCOC(=O)C1(F)CCN(S(=O)(=O)c2cnc(Cl)cc2-c2cccc(OC)c2)CC1. The van der Waals surface area contributed by atoms with Crippen LogP contribution in [0.3, 0.4) is 0 Å². The molecule has 0 unspecified atom stereocenters. The highest BCUT2D eigenvalue weighted by Crippen LogP contribution is 2.35. The van der Waals surface area contributed by atoms with Gasteiger partial charge in [-0.3, -0.25) is 0 Å². The highest BCUT2D eigenvalue weighted by atomic mass is 35.5. The Labute approximate surface area is 179 Å². The van der Waals surface area contributed by atoms with Crippen LogP contribution in [0.4, 0.5) is 4.39 Å². The molecule has 0 aliphatic carbocycles. The first kappa shape index (κ1) is 22.5. The monoisotopic (exact) mass is 456 g/mol. The standard InChI is InChI=1S/C20H22ClFN2O5S/c1-3-29-19(25)20(22)7-9-24(10-8-20)30(26,27)17-13-23-18(21)12-16(17)14-5-4-6-15(11-14)28-2/h4-6,11-13H,3,7-10H2,1-2H3. The van der Waals surface area contributed by atoms with Gasteiger partial charge in [-0.25, -0.2) is 22.6 Å². The molecule has 0 saturated carbocycles. The van der Waals surface area contributed by atoms with Gasteiger partial charge in [-0.2, -0.15) is 4.31 Å². The fraction of sp³-hybridized carbons (Fsp3) is 0.400. The molecule has 1 aliphatic rings. The molecule has 1 fully saturated rings. The minimum Gasteiger partial charge on any atom is -0.497 e. The Morgan fingerprint density at radius 1 is 1.30 bits per heavy atom. The van der Waals surface area contributed by atoms with Crippen molar-refractivity contribution in [3.8, 4) is 16.9 Å². The maximum absolute atomic E-state index is 14.9. The van der Waals surface area contributed by atoms with Crippen molar-refractivity contribution in [2.45, 2.75) is 30.3 Å². The fourth-order valence-corrected chi connectivity index (χ4v) is 5.06. The highest BCUT2D eigenvalue weighted by molar-refractivity contribution is 7.89. The van der Waals surface area contributed by atoms with E-state index in [4.69, 9.17) is 21.1 Å². The second-order valence-corrected chi connectivity index (χ2v) is 9.12. The number of aromatic nitrogens is 1. The second kappa shape index (κ2) is 8.87. The van der Waals surface area contributed by atoms with Crippen molar-refractivity contribution in [3.05, 3.63) is 41.7 Å². The van der Waals surface area contributed by atoms with Crippen molar-refractivity contribution in [2.75, 3.05) is 26.8 Å². The third-order valence-corrected chi connectivity index (χ3v) is 7.12. The first-order valence-electron chi connectivity index (χ1n) is 9.37. The van der Waals surface area contributed by atoms with E-state index in [1.165, 1.54) is 19.4 Å². The summed E-state index contributed by atoms with van der Waals surface area (Å²) < 4.78 is 52.7. The fourth-order valence-electron chi connectivity index (χ4n) is 3.32. The third-order valence-electron chi connectivity index (χ3n) is 4.99. The Hall–Kier alpha value is -2.23. The molecule has 2 heterocycles. The number of ether oxygens (including phenoxy) is 2. The molecule has 1 aromatic carbocycles. The molecule has 7 nitrogen and oxygen atoms in total. The van der Waals surface area contributed by atoms with E-state index in [-0.39, 0.29) is 42.6 Å². The summed E-state index contributed by atoms with van der Waals surface area (Å²) in [4.78, 5) is 15.8. The van der Waals surface area contributed by atoms with Gasteiger partial charge >= 0.3 is 5.97 Å². The predicted molar refractivity (Wildman–Crippen MR) is 110 cm³/mol. The van der Waals surface area contributed by atoms with Crippen LogP contribution in [0.5, 0.6) is 5.75 Å². The number of halogens is 2. The molecule has 0 atom stereocenters. The average Bonchev–Trinajstić information content (AvgIpc) is 2.74. The Balaban J connectivity index is 1.93. The van der Waals surface area contributed by atoms with Gasteiger partial charge in [0, 0.05) is 37.7 Å². The molecule has 0 N–H and O–H groups in total. The Kier molecular flexibility index (Phi) is 6.64. The summed E-state index contributed by atoms with van der Waals surface area (Å²) >= 11 is 6.03. The van der Waals surface area contributed by atoms with Crippen LogP contribution in [0.2, 0.25) is 5.15 Å². The Bertz CT molecular complexity index is 1040. The Morgan fingerprint density at radius 2 is 2.00 bits per heavy atom. The largest absolute Gasteiger partial charge is 0.497 e. The second-order valence-electron chi connectivity index (χ2n) is 6.83. The normalized spacial score (nSPS) is 16.8. The van der Waals surface area contributed by atoms with E-state index in [0.717, 1.165) is 4.31 Å². The molecule has 3 rings (SSSR count). The van der Waals surface area contributed by atoms with Gasteiger partial charge in [-0.05, 0) is 30.7 Å². The van der Waals surface area contributed by atoms with Crippen LogP contribution >= 0.6 is 11.6 Å². The number of hydrogen-bond donors (Lipinski definition) is 0. The van der Waals surface area contributed by atoms with Crippen molar-refractivity contribution < 1.29 is 27.1 Å². The number of carbonyl (C=O) groups is 1. The third kappa shape index (κ3) is 4.43. The molecule has 0 spiro atoms. The highest BCUT2D eigenvalue weighted by Gasteiger charge is 2.45. The summed E-state index contributed by atoms with van der Waals surface area (Å²) in [5.74, 6) is -0.398. The van der Waals surface area contributed by atoms with Crippen LogP contribution in [0.1, 0.15) is 19.8 Å². The molecule has 162 valence electrons. The summed E-state index contributed by atoms with van der Waals surface area (Å²) in [6.07, 6.45) is 0.635. The van der Waals surface area contributed by atoms with E-state index in [9.17, 15) is 17.6 Å². The maximum atomic E-state index is 14.9. The van der Waals surface area contributed by atoms with Gasteiger partial charge in [-0.1, -0.05) is 23.7 Å². The lowest BCUT2D eigenvalue weighted by Gasteiger charge is -2.34. The molecule has 1 aliphatic heterocycles. The lowest BCUT2D eigenvalue weighted by atomic mass is 9.95. The smallest absolute Gasteiger partial charge is 0.343 e. The number of rotatable bonds is 6. The van der Waals surface area contributed by atoms with Crippen LogP contribution < -0.4 is 4.74 Å². The van der Waals surface area contributed by atoms with Crippen molar-refractivity contribution in [3.63, 3.8) is 0 Å². The van der Waals surface area contributed by atoms with Crippen molar-refractivity contribution in [1.29, 1.82) is 0 Å². The average molecular weight is 457 g/mol. The van der Waals surface area contributed by atoms with E-state index in [1.807, 2.05) is 0 Å². The van der Waals surface area contributed by atoms with Crippen LogP contribution in [-0.4, -0.2) is 56.2 Å². The number of carbonyl (C=O) groups excluding carboxylic acids is 1. The quantitative estimate of drug-likeness (QED) is 0.488. The number of alkyl halides is 1. The van der Waals surface area contributed by atoms with Gasteiger partial charge in [0.2, 0.25) is 15.7 Å². The van der Waals surface area contributed by atoms with Gasteiger partial charge in [0.25, 0.3) is 0 Å². The van der Waals surface area contributed by atoms with Crippen LogP contribution in [-0.2, 0) is 19.6 Å². The van der Waals surface area contributed by atoms with Crippen molar-refractivity contribution in [2.24, 2.45) is 0 Å². The first-order chi connectivity index (χ1) is 14.2. The van der Waals surface area contributed by atoms with Gasteiger partial charge in [0.15, 0.2) is 0 Å². The summed E-state index contributed by atoms with van der Waals surface area (Å²) in [6.45, 7) is 1.34. The lowest BCUT2D eigenvalue weighted by Crippen LogP contribution is -2.49. The number of benzene rings is 1. The lowest BCUT2D eigenvalue weighted by molar-refractivity contribution is -0.160. The number of methoxy groups -OCH3 is 1. The van der Waals surface area contributed by atoms with Crippen LogP contribution in [0.25, 0.3) is 11.1 Å². The number of nitrogens with zero attached hydrogens (tertiary/aromatic N) is 2. The molecular weight excluding hydrogens is 435 g/mol. The number of hydrogen-bond acceptors (Lipinski definition) is 6. The van der Waals surface area contributed by atoms with Gasteiger partial charge in [0.1, 0.15) is 15.8 Å². The molecule has 10 heteroatoms. The molecule has 1 aromatic heterocycles. The van der Waals surface area contributed by atoms with Crippen LogP contribution in [0.15, 0.2) is 41.4 Å². The molecule has 0 amide bonds. The zero-order valence-electron chi connectivity index (χ0n) is 16.6. The van der Waals surface area contributed by atoms with E-state index in [0.29, 0.717) is 16.9 Å². The van der Waals surface area contributed by atoms with Gasteiger partial charge in [-0.15, -0.1) is 0 Å². The molecule has 1 saturated heterocycles. The van der Waals surface area contributed by atoms with E-state index >= 15 is 0 Å². The van der Waals surface area contributed by atoms with E-state index in [2.05, 4.69) is 4.98 Å². The van der Waals surface area contributed by atoms with Crippen molar-refractivity contribution >= 4 is 27.6 Å². The minimum absolute atomic E-state index is 0.0531. The van der Waals surface area contributed by atoms with Crippen molar-refractivity contribution in [1.82, 2.24) is 9.29 Å². The summed E-state index contributed by atoms with van der Waals surface area (Å²) in [5.41, 5.74) is -1.24. The number of piperidine rings is 1. The maximum Gasteiger partial charge on any atom is 0.343 e. The molecule has 0 radical (unpaired) electrons. The molecule has 2 aromatic rings. The minimum atomic E-state index is -4.01. The molecular formula is C20H22ClFN2O5S. The summed E-state index contributed by atoms with van der Waals surface area (Å²) in [6, 6.07) is 8.36. The number of sulfonamides is 1. The van der Waals surface area contributed by atoms with Gasteiger partial charge < -0.3 is 9.47 Å². The number of esters is 1. The zero-order chi connectivity index (χ0) is 21.9. The topological polar surface area (TPSA) is 85.8 Å². The van der Waals surface area contributed by atoms with Gasteiger partial charge in [0.05, 0.1) is 13.7 Å².